The van der Waals surface area contributed by atoms with Gasteiger partial charge in [-0.25, -0.2) is 0 Å². The number of aliphatic carboxylic acids is 1. The van der Waals surface area contributed by atoms with E-state index in [1.54, 1.807) is 18.2 Å². The topological polar surface area (TPSA) is 59.0 Å². The molecule has 1 heterocycles. The van der Waals surface area contributed by atoms with E-state index in [-0.39, 0.29) is 12.5 Å². The van der Waals surface area contributed by atoms with E-state index in [4.69, 9.17) is 37.8 Å². The molecule has 0 bridgehead atoms. The molecular formula is C20H21Cl2NO4. The van der Waals surface area contributed by atoms with Gasteiger partial charge < -0.3 is 14.6 Å². The summed E-state index contributed by atoms with van der Waals surface area (Å²) in [4.78, 5) is 12.9. The van der Waals surface area contributed by atoms with Crippen LogP contribution < -0.4 is 4.74 Å². The first-order valence-electron chi connectivity index (χ1n) is 8.74. The second-order valence-electron chi connectivity index (χ2n) is 6.38. The van der Waals surface area contributed by atoms with E-state index < -0.39 is 5.97 Å². The van der Waals surface area contributed by atoms with Gasteiger partial charge in [-0.3, -0.25) is 9.69 Å². The molecule has 1 fully saturated rings. The summed E-state index contributed by atoms with van der Waals surface area (Å²) in [5, 5.41) is 9.80. The number of nitrogens with zero attached hydrogens (tertiary/aromatic N) is 1. The number of carboxylic acids is 1. The Balaban J connectivity index is 1.57. The average Bonchev–Trinajstić information content (AvgIpc) is 2.67. The summed E-state index contributed by atoms with van der Waals surface area (Å²) in [5.74, 6) is -0.296. The van der Waals surface area contributed by atoms with Crippen molar-refractivity contribution in [3.63, 3.8) is 0 Å². The molecule has 0 aliphatic carbocycles. The quantitative estimate of drug-likeness (QED) is 0.733. The van der Waals surface area contributed by atoms with Crippen molar-refractivity contribution in [2.24, 2.45) is 0 Å². The normalized spacial score (nSPS) is 17.6. The van der Waals surface area contributed by atoms with Gasteiger partial charge in [0.2, 0.25) is 0 Å². The smallest absolute Gasteiger partial charge is 0.304 e. The molecule has 0 unspecified atom stereocenters. The van der Waals surface area contributed by atoms with Crippen LogP contribution in [0.2, 0.25) is 10.0 Å². The molecule has 1 aliphatic heterocycles. The van der Waals surface area contributed by atoms with Gasteiger partial charge in [0.1, 0.15) is 6.61 Å². The van der Waals surface area contributed by atoms with E-state index in [1.807, 2.05) is 24.3 Å². The Hall–Kier alpha value is -1.79. The van der Waals surface area contributed by atoms with Gasteiger partial charge in [0, 0.05) is 19.6 Å². The zero-order chi connectivity index (χ0) is 19.2. The molecule has 3 rings (SSSR count). The minimum absolute atomic E-state index is 0.0551. The summed E-state index contributed by atoms with van der Waals surface area (Å²) >= 11 is 12.2. The van der Waals surface area contributed by atoms with Crippen LogP contribution in [0.15, 0.2) is 42.5 Å². The van der Waals surface area contributed by atoms with Crippen molar-refractivity contribution >= 4 is 29.2 Å². The molecule has 2 aromatic carbocycles. The van der Waals surface area contributed by atoms with Gasteiger partial charge in [-0.05, 0) is 23.3 Å². The molecule has 1 aliphatic rings. The van der Waals surface area contributed by atoms with Crippen LogP contribution in [-0.2, 0) is 16.1 Å². The highest BCUT2D eigenvalue weighted by atomic mass is 35.5. The molecular weight excluding hydrogens is 389 g/mol. The van der Waals surface area contributed by atoms with Crippen molar-refractivity contribution in [1.29, 1.82) is 0 Å². The van der Waals surface area contributed by atoms with Crippen molar-refractivity contribution in [3.8, 4) is 5.75 Å². The van der Waals surface area contributed by atoms with Crippen molar-refractivity contribution in [2.75, 3.05) is 26.2 Å². The molecule has 1 atom stereocenters. The molecule has 2 aromatic rings. The van der Waals surface area contributed by atoms with Crippen molar-refractivity contribution in [2.45, 2.75) is 19.1 Å². The summed E-state index contributed by atoms with van der Waals surface area (Å²) in [5.41, 5.74) is 2.06. The van der Waals surface area contributed by atoms with Gasteiger partial charge in [-0.15, -0.1) is 0 Å². The van der Waals surface area contributed by atoms with E-state index in [0.29, 0.717) is 42.1 Å². The Morgan fingerprint density at radius 3 is 2.56 bits per heavy atom. The largest absolute Gasteiger partial charge is 0.486 e. The van der Waals surface area contributed by atoms with Gasteiger partial charge in [-0.1, -0.05) is 53.5 Å². The molecule has 7 heteroatoms. The lowest BCUT2D eigenvalue weighted by molar-refractivity contribution is -0.137. The predicted octanol–water partition coefficient (Wildman–Crippen LogP) is 4.42. The van der Waals surface area contributed by atoms with E-state index in [9.17, 15) is 4.79 Å². The van der Waals surface area contributed by atoms with Crippen molar-refractivity contribution in [1.82, 2.24) is 4.90 Å². The Bertz CT molecular complexity index is 762. The molecule has 0 saturated carbocycles. The molecule has 144 valence electrons. The number of morpholine rings is 1. The lowest BCUT2D eigenvalue weighted by Gasteiger charge is -2.32. The van der Waals surface area contributed by atoms with Crippen LogP contribution in [0.5, 0.6) is 5.75 Å². The Kier molecular flexibility index (Phi) is 6.96. The number of hydrogen-bond donors (Lipinski definition) is 1. The number of carboxylic acid groups (broad SMARTS) is 1. The van der Waals surface area contributed by atoms with E-state index in [0.717, 1.165) is 17.7 Å². The van der Waals surface area contributed by atoms with Crippen molar-refractivity contribution < 1.29 is 19.4 Å². The monoisotopic (exact) mass is 409 g/mol. The van der Waals surface area contributed by atoms with Crippen LogP contribution in [0.3, 0.4) is 0 Å². The zero-order valence-electron chi connectivity index (χ0n) is 14.7. The Labute approximate surface area is 168 Å². The highest BCUT2D eigenvalue weighted by Gasteiger charge is 2.22. The molecule has 27 heavy (non-hydrogen) atoms. The minimum atomic E-state index is -0.777. The second-order valence-corrected chi connectivity index (χ2v) is 7.20. The Morgan fingerprint density at radius 1 is 1.19 bits per heavy atom. The van der Waals surface area contributed by atoms with Crippen LogP contribution in [0.25, 0.3) is 0 Å². The standard InChI is InChI=1S/C20H21Cl2NO4/c21-16-2-1-3-17(22)20(16)27-13-14-4-6-15(7-5-14)18-12-23(10-11-26-18)9-8-19(24)25/h1-7,18H,8-13H2,(H,24,25)/t18-/m1/s1. The number of benzene rings is 2. The number of hydrogen-bond acceptors (Lipinski definition) is 4. The third kappa shape index (κ3) is 5.59. The van der Waals surface area contributed by atoms with E-state index in [1.165, 1.54) is 0 Å². The first-order chi connectivity index (χ1) is 13.0. The fraction of sp³-hybridized carbons (Fsp3) is 0.350. The van der Waals surface area contributed by atoms with Crippen LogP contribution in [0.4, 0.5) is 0 Å². The first kappa shape index (κ1) is 20.0. The van der Waals surface area contributed by atoms with Crippen LogP contribution >= 0.6 is 23.2 Å². The second kappa shape index (κ2) is 9.42. The number of para-hydroxylation sites is 1. The summed E-state index contributed by atoms with van der Waals surface area (Å²) < 4.78 is 11.6. The molecule has 5 nitrogen and oxygen atoms in total. The third-order valence-corrected chi connectivity index (χ3v) is 5.04. The summed E-state index contributed by atoms with van der Waals surface area (Å²) in [6.07, 6.45) is 0.0914. The molecule has 1 N–H and O–H groups in total. The molecule has 0 amide bonds. The summed E-state index contributed by atoms with van der Waals surface area (Å²) in [6, 6.07) is 13.2. The fourth-order valence-corrected chi connectivity index (χ4v) is 3.47. The maximum absolute atomic E-state index is 10.8. The molecule has 0 radical (unpaired) electrons. The molecule has 0 aromatic heterocycles. The minimum Gasteiger partial charge on any atom is -0.486 e. The van der Waals surface area contributed by atoms with Gasteiger partial charge in [-0.2, -0.15) is 0 Å². The SMILES string of the molecule is O=C(O)CCN1CCO[C@@H](c2ccc(COc3c(Cl)cccc3Cl)cc2)C1. The lowest BCUT2D eigenvalue weighted by atomic mass is 10.1. The van der Waals surface area contributed by atoms with Crippen LogP contribution in [0, 0.1) is 0 Å². The third-order valence-electron chi connectivity index (χ3n) is 4.45. The van der Waals surface area contributed by atoms with E-state index in [2.05, 4.69) is 4.90 Å². The molecule has 1 saturated heterocycles. The highest BCUT2D eigenvalue weighted by Crippen LogP contribution is 2.33. The van der Waals surface area contributed by atoms with Crippen LogP contribution in [0.1, 0.15) is 23.7 Å². The predicted molar refractivity (Wildman–Crippen MR) is 105 cm³/mol. The van der Waals surface area contributed by atoms with Gasteiger partial charge >= 0.3 is 5.97 Å². The van der Waals surface area contributed by atoms with Gasteiger partial charge in [0.05, 0.1) is 29.2 Å². The number of rotatable bonds is 7. The first-order valence-corrected chi connectivity index (χ1v) is 9.50. The number of ether oxygens (including phenoxy) is 2. The fourth-order valence-electron chi connectivity index (χ4n) is 2.97. The number of carbonyl (C=O) groups is 1. The average molecular weight is 410 g/mol. The maximum Gasteiger partial charge on any atom is 0.304 e. The summed E-state index contributed by atoms with van der Waals surface area (Å²) in [7, 11) is 0. The van der Waals surface area contributed by atoms with Crippen molar-refractivity contribution in [3.05, 3.63) is 63.6 Å². The Morgan fingerprint density at radius 2 is 1.89 bits per heavy atom. The van der Waals surface area contributed by atoms with Crippen LogP contribution in [-0.4, -0.2) is 42.2 Å². The van der Waals surface area contributed by atoms with E-state index >= 15 is 0 Å². The lowest BCUT2D eigenvalue weighted by Crippen LogP contribution is -2.39. The van der Waals surface area contributed by atoms with Gasteiger partial charge in [0.15, 0.2) is 5.75 Å². The maximum atomic E-state index is 10.8. The highest BCUT2D eigenvalue weighted by molar-refractivity contribution is 6.37. The summed E-state index contributed by atoms with van der Waals surface area (Å²) in [6.45, 7) is 2.95. The zero-order valence-corrected chi connectivity index (χ0v) is 16.2. The number of halogens is 2. The molecule has 0 spiro atoms. The van der Waals surface area contributed by atoms with Gasteiger partial charge in [0.25, 0.3) is 0 Å².